The van der Waals surface area contributed by atoms with Crippen LogP contribution in [0.3, 0.4) is 0 Å². The number of nitrogens with one attached hydrogen (secondary N) is 1. The van der Waals surface area contributed by atoms with E-state index < -0.39 is 15.9 Å². The molecule has 1 unspecified atom stereocenters. The lowest BCUT2D eigenvalue weighted by Gasteiger charge is -2.30. The number of nitrogens with zero attached hydrogens (tertiary/aromatic N) is 1. The molecular weight excluding hydrogens is 284 g/mol. The van der Waals surface area contributed by atoms with Crippen molar-refractivity contribution in [1.29, 1.82) is 0 Å². The first-order chi connectivity index (χ1) is 9.02. The Labute approximate surface area is 119 Å². The van der Waals surface area contributed by atoms with Crippen molar-refractivity contribution in [1.82, 2.24) is 10.2 Å². The van der Waals surface area contributed by atoms with Gasteiger partial charge in [-0.2, -0.15) is 11.8 Å². The fourth-order valence-corrected chi connectivity index (χ4v) is 5.30. The van der Waals surface area contributed by atoms with Crippen molar-refractivity contribution in [3.05, 3.63) is 0 Å². The monoisotopic (exact) mass is 306 g/mol. The minimum Gasteiger partial charge on any atom is -0.340 e. The lowest BCUT2D eigenvalue weighted by atomic mass is 10.0. The Bertz CT molecular complexity index is 419. The van der Waals surface area contributed by atoms with Gasteiger partial charge in [-0.05, 0) is 37.3 Å². The lowest BCUT2D eigenvalue weighted by Crippen LogP contribution is -2.47. The summed E-state index contributed by atoms with van der Waals surface area (Å²) in [7, 11) is -1.46. The SMILES string of the molecule is CNC1CS(=O)(=O)CCN(CC2CCSCC2)C1=O. The smallest absolute Gasteiger partial charge is 0.240 e. The zero-order valence-corrected chi connectivity index (χ0v) is 12.9. The lowest BCUT2D eigenvalue weighted by molar-refractivity contribution is -0.133. The van der Waals surface area contributed by atoms with Gasteiger partial charge in [0.15, 0.2) is 9.84 Å². The molecule has 1 amide bonds. The van der Waals surface area contributed by atoms with Crippen LogP contribution in [0.15, 0.2) is 0 Å². The number of sulfone groups is 1. The number of rotatable bonds is 3. The number of amides is 1. The van der Waals surface area contributed by atoms with Crippen molar-refractivity contribution < 1.29 is 13.2 Å². The molecule has 2 fully saturated rings. The van der Waals surface area contributed by atoms with Gasteiger partial charge in [-0.3, -0.25) is 4.79 Å². The van der Waals surface area contributed by atoms with Crippen LogP contribution in [0.1, 0.15) is 12.8 Å². The molecule has 0 saturated carbocycles. The summed E-state index contributed by atoms with van der Waals surface area (Å²) in [6.45, 7) is 1.07. The molecule has 2 heterocycles. The Morgan fingerprint density at radius 3 is 2.68 bits per heavy atom. The van der Waals surface area contributed by atoms with Crippen molar-refractivity contribution in [2.24, 2.45) is 5.92 Å². The topological polar surface area (TPSA) is 66.5 Å². The summed E-state index contributed by atoms with van der Waals surface area (Å²) in [4.78, 5) is 14.1. The van der Waals surface area contributed by atoms with Gasteiger partial charge in [0.05, 0.1) is 11.5 Å². The molecular formula is C12H22N2O3S2. The number of hydrogen-bond donors (Lipinski definition) is 1. The quantitative estimate of drug-likeness (QED) is 0.793. The third-order valence-electron chi connectivity index (χ3n) is 3.87. The minimum absolute atomic E-state index is 0.0539. The fourth-order valence-electron chi connectivity index (χ4n) is 2.62. The zero-order chi connectivity index (χ0) is 13.9. The van der Waals surface area contributed by atoms with Crippen LogP contribution < -0.4 is 5.32 Å². The average Bonchev–Trinajstić information content (AvgIpc) is 2.51. The van der Waals surface area contributed by atoms with Gasteiger partial charge in [0.1, 0.15) is 6.04 Å². The van der Waals surface area contributed by atoms with Crippen LogP contribution in [0.25, 0.3) is 0 Å². The van der Waals surface area contributed by atoms with Gasteiger partial charge in [0, 0.05) is 13.1 Å². The van der Waals surface area contributed by atoms with Crippen LogP contribution in [0.5, 0.6) is 0 Å². The van der Waals surface area contributed by atoms with Gasteiger partial charge in [0.25, 0.3) is 0 Å². The first-order valence-corrected chi connectivity index (χ1v) is 9.73. The van der Waals surface area contributed by atoms with Gasteiger partial charge in [-0.15, -0.1) is 0 Å². The van der Waals surface area contributed by atoms with Gasteiger partial charge >= 0.3 is 0 Å². The number of carbonyl (C=O) groups excluding carboxylic acids is 1. The minimum atomic E-state index is -3.12. The first kappa shape index (κ1) is 15.1. The maximum Gasteiger partial charge on any atom is 0.240 e. The predicted octanol–water partition coefficient (Wildman–Crippen LogP) is -0.0254. The van der Waals surface area contributed by atoms with E-state index in [4.69, 9.17) is 0 Å². The second-order valence-electron chi connectivity index (χ2n) is 5.30. The molecule has 0 aromatic carbocycles. The summed E-state index contributed by atoms with van der Waals surface area (Å²) in [6.07, 6.45) is 2.26. The molecule has 0 aliphatic carbocycles. The molecule has 2 rings (SSSR count). The molecule has 0 radical (unpaired) electrons. The van der Waals surface area contributed by atoms with Gasteiger partial charge in [0.2, 0.25) is 5.91 Å². The second kappa shape index (κ2) is 6.45. The van der Waals surface area contributed by atoms with E-state index in [0.29, 0.717) is 19.0 Å². The van der Waals surface area contributed by atoms with E-state index in [1.807, 2.05) is 11.8 Å². The Balaban J connectivity index is 2.04. The average molecular weight is 306 g/mol. The Hall–Kier alpha value is -0.270. The van der Waals surface area contributed by atoms with Gasteiger partial charge < -0.3 is 10.2 Å². The first-order valence-electron chi connectivity index (χ1n) is 6.76. The van der Waals surface area contributed by atoms with E-state index in [1.54, 1.807) is 11.9 Å². The molecule has 0 aromatic rings. The zero-order valence-electron chi connectivity index (χ0n) is 11.3. The molecule has 1 atom stereocenters. The van der Waals surface area contributed by atoms with Crippen LogP contribution in [0.4, 0.5) is 0 Å². The number of likely N-dealkylation sites (N-methyl/N-ethyl adjacent to an activating group) is 1. The normalized spacial score (nSPS) is 29.2. The molecule has 5 nitrogen and oxygen atoms in total. The van der Waals surface area contributed by atoms with Crippen LogP contribution in [-0.2, 0) is 14.6 Å². The van der Waals surface area contributed by atoms with E-state index in [9.17, 15) is 13.2 Å². The Morgan fingerprint density at radius 1 is 1.37 bits per heavy atom. The van der Waals surface area contributed by atoms with Crippen molar-refractivity contribution >= 4 is 27.5 Å². The molecule has 19 heavy (non-hydrogen) atoms. The molecule has 1 N–H and O–H groups in total. The fraction of sp³-hybridized carbons (Fsp3) is 0.917. The van der Waals surface area contributed by atoms with Crippen LogP contribution in [0.2, 0.25) is 0 Å². The van der Waals surface area contributed by atoms with E-state index in [0.717, 1.165) is 24.3 Å². The Morgan fingerprint density at radius 2 is 2.05 bits per heavy atom. The molecule has 110 valence electrons. The van der Waals surface area contributed by atoms with Crippen LogP contribution in [0, 0.1) is 5.92 Å². The number of thioether (sulfide) groups is 1. The third kappa shape index (κ3) is 4.10. The van der Waals surface area contributed by atoms with Crippen LogP contribution >= 0.6 is 11.8 Å². The predicted molar refractivity (Wildman–Crippen MR) is 78.1 cm³/mol. The second-order valence-corrected chi connectivity index (χ2v) is 8.75. The Kier molecular flexibility index (Phi) is 5.14. The number of carbonyl (C=O) groups is 1. The summed E-state index contributed by atoms with van der Waals surface area (Å²) in [6, 6.07) is -0.578. The maximum atomic E-state index is 12.3. The summed E-state index contributed by atoms with van der Waals surface area (Å²) >= 11 is 1.96. The molecule has 2 saturated heterocycles. The highest BCUT2D eigenvalue weighted by atomic mass is 32.2. The van der Waals surface area contributed by atoms with E-state index in [-0.39, 0.29) is 17.4 Å². The highest BCUT2D eigenvalue weighted by molar-refractivity contribution is 7.99. The van der Waals surface area contributed by atoms with Gasteiger partial charge in [-0.25, -0.2) is 8.42 Å². The van der Waals surface area contributed by atoms with Crippen molar-refractivity contribution in [3.8, 4) is 0 Å². The molecule has 0 bridgehead atoms. The van der Waals surface area contributed by atoms with Gasteiger partial charge in [-0.1, -0.05) is 0 Å². The largest absolute Gasteiger partial charge is 0.340 e. The van der Waals surface area contributed by atoms with Crippen molar-refractivity contribution in [3.63, 3.8) is 0 Å². The molecule has 0 aromatic heterocycles. The van der Waals surface area contributed by atoms with E-state index in [2.05, 4.69) is 5.32 Å². The molecule has 0 spiro atoms. The summed E-state index contributed by atoms with van der Waals surface area (Å²) in [5, 5.41) is 2.84. The molecule has 2 aliphatic heterocycles. The molecule has 2 aliphatic rings. The summed E-state index contributed by atoms with van der Waals surface area (Å²) in [5.74, 6) is 2.81. The van der Waals surface area contributed by atoms with Crippen molar-refractivity contribution in [2.45, 2.75) is 18.9 Å². The van der Waals surface area contributed by atoms with Crippen molar-refractivity contribution in [2.75, 3.05) is 43.1 Å². The van der Waals surface area contributed by atoms with E-state index in [1.165, 1.54) is 0 Å². The standard InChI is InChI=1S/C12H22N2O3S2/c1-13-11-9-19(16,17)7-4-14(12(11)15)8-10-2-5-18-6-3-10/h10-11,13H,2-9H2,1H3. The third-order valence-corrected chi connectivity index (χ3v) is 6.57. The summed E-state index contributed by atoms with van der Waals surface area (Å²) < 4.78 is 23.6. The number of hydrogen-bond acceptors (Lipinski definition) is 5. The maximum absolute atomic E-state index is 12.3. The van der Waals surface area contributed by atoms with E-state index >= 15 is 0 Å². The van der Waals surface area contributed by atoms with Crippen LogP contribution in [-0.4, -0.2) is 68.4 Å². The summed E-state index contributed by atoms with van der Waals surface area (Å²) in [5.41, 5.74) is 0. The highest BCUT2D eigenvalue weighted by Gasteiger charge is 2.33. The molecule has 7 heteroatoms. The highest BCUT2D eigenvalue weighted by Crippen LogP contribution is 2.24.